The number of carbonyl (C=O) groups is 8. The molecule has 1 amide bonds. The molecule has 3 aromatic rings. The topological polar surface area (TPSA) is 368 Å². The standard InChI is InChI=1S/C9H11Cl2NO3.C9H10ClNO2.C7H7ClN2O.C6H7ClN2.C5H5Cl2NO2.C5H7NO2.C4H6O.CH2O3.Cl3P.2K/c1-3-15-8(14)9(11,5-12)7(10)4-6(2)13;1-3-13-9(12)7-6(2)4-5-11-8(7)10;1-4-2-3-10-6(8)5(4)7(9)11;1-4-2-3-9-6(7)5(4)8;1-2-10-4(9)5(6,7)3-8;1-2-8-5(7)3-4-6;1-2-3-4-5;2-1-4-3;1-4(2)3;;/h7H,3-4H2,1-2H3;4-5H,3H2,1-2H3;2-3H,1H3,(H2,9,11);2-3H,8H2,1H3;2H2,1H3;2-3H2,1H3;2-4H,1H3;1,3H;;;/q;;;;;;;;;;+1/p-1/b;;;;;;3-2+;;;;. The predicted octanol–water partition coefficient (Wildman–Crippen LogP) is 7.08. The van der Waals surface area contributed by atoms with Crippen LogP contribution in [0.3, 0.4) is 0 Å². The number of aromatic nitrogens is 3. The number of esters is 4. The number of hydrogen-bond acceptors (Lipinski definition) is 21. The van der Waals surface area contributed by atoms with Gasteiger partial charge < -0.3 is 40.6 Å². The first-order valence-corrected chi connectivity index (χ1v) is 28.1. The first kappa shape index (κ1) is 95.5. The molecular weight excluding hydrogens is 1350 g/mol. The Hall–Kier alpha value is -1.82. The van der Waals surface area contributed by atoms with Crippen molar-refractivity contribution in [2.75, 3.05) is 32.2 Å². The van der Waals surface area contributed by atoms with Gasteiger partial charge in [0.1, 0.15) is 34.9 Å². The van der Waals surface area contributed by atoms with E-state index in [1.165, 1.54) is 25.3 Å². The second-order valence-electron chi connectivity index (χ2n) is 13.0. The number of alkyl halides is 4. The molecule has 3 heterocycles. The maximum atomic E-state index is 11.3. The molecular formula is C46H54Cl10K2N8O14P. The van der Waals surface area contributed by atoms with Crippen molar-refractivity contribution in [3.8, 4) is 18.2 Å². The zero-order valence-electron chi connectivity index (χ0n) is 45.4. The summed E-state index contributed by atoms with van der Waals surface area (Å²) in [5.41, 5.74) is 14.3. The van der Waals surface area contributed by atoms with Gasteiger partial charge in [0.2, 0.25) is 4.87 Å². The van der Waals surface area contributed by atoms with Crippen LogP contribution < -0.4 is 68.1 Å². The predicted molar refractivity (Wildman–Crippen MR) is 308 cm³/mol. The molecule has 0 aromatic carbocycles. The van der Waals surface area contributed by atoms with Gasteiger partial charge in [0.25, 0.3) is 16.7 Å². The first-order chi connectivity index (χ1) is 36.8. The van der Waals surface area contributed by atoms with Crippen LogP contribution in [0.25, 0.3) is 0 Å². The molecule has 2 unspecified atom stereocenters. The molecule has 0 aliphatic carbocycles. The summed E-state index contributed by atoms with van der Waals surface area (Å²) < 4.78 is 16.2. The Morgan fingerprint density at radius 1 is 0.741 bits per heavy atom. The van der Waals surface area contributed by atoms with E-state index < -0.39 is 50.3 Å². The average molecular weight is 1410 g/mol. The SMILES string of the molecule is C/C=C/C=O.CCOC(=O)C(Cl)(C#N)C(Cl)CC(C)=O.CCOC(=O)C(Cl)(Cl)C#N.CCOC(=O)CC#N.CCOC(=O)c1c(C)ccnc1Cl.Cc1ccnc(Cl)c1C(N)=O.Cc1ccnc(Cl)c1N.ClP(Cl)Cl.O=CO[O-].[K+].[K]. The van der Waals surface area contributed by atoms with Gasteiger partial charge in [-0.05, 0) is 103 Å². The summed E-state index contributed by atoms with van der Waals surface area (Å²) in [5, 5.41) is 33.0. The average Bonchev–Trinajstić information content (AvgIpc) is 3.36. The summed E-state index contributed by atoms with van der Waals surface area (Å²) in [6, 6.07) is 9.86. The van der Waals surface area contributed by atoms with Crippen molar-refractivity contribution >= 4 is 226 Å². The number of nitriles is 3. The van der Waals surface area contributed by atoms with E-state index in [0.29, 0.717) is 35.2 Å². The Balaban J connectivity index is -0.000000126. The maximum absolute atomic E-state index is 11.3. The van der Waals surface area contributed by atoms with Gasteiger partial charge in [-0.15, -0.1) is 11.6 Å². The number of carbonyl (C=O) groups excluding carboxylic acids is 8. The van der Waals surface area contributed by atoms with E-state index in [2.05, 4.69) is 34.1 Å². The van der Waals surface area contributed by atoms with Crippen molar-refractivity contribution in [3.05, 3.63) is 92.2 Å². The summed E-state index contributed by atoms with van der Waals surface area (Å²) >= 11 is 53.4. The molecule has 0 saturated heterocycles. The fourth-order valence-electron chi connectivity index (χ4n) is 3.83. The number of halogens is 10. The van der Waals surface area contributed by atoms with E-state index in [4.69, 9.17) is 157 Å². The van der Waals surface area contributed by atoms with E-state index in [0.717, 1.165) is 23.0 Å². The summed E-state index contributed by atoms with van der Waals surface area (Å²) in [7, 11) is 0. The number of anilines is 1. The number of allylic oxidation sites excluding steroid dienone is 2. The second-order valence-corrected chi connectivity index (χ2v) is 21.5. The van der Waals surface area contributed by atoms with Gasteiger partial charge in [-0.3, -0.25) is 24.0 Å². The third-order valence-corrected chi connectivity index (χ3v) is 9.70. The number of hydrogen-bond donors (Lipinski definition) is 2. The number of rotatable bonds is 14. The van der Waals surface area contributed by atoms with Crippen molar-refractivity contribution in [1.82, 2.24) is 15.0 Å². The number of primary amides is 1. The fourth-order valence-corrected chi connectivity index (χ4v) is 5.21. The number of nitrogens with two attached hydrogens (primary N) is 2. The number of ether oxygens (including phenoxy) is 4. The third-order valence-electron chi connectivity index (χ3n) is 7.26. The Kier molecular flexibility index (Phi) is 70.6. The second kappa shape index (κ2) is 59.9. The quantitative estimate of drug-likeness (QED) is 0.0155. The molecule has 4 N–H and O–H groups in total. The molecule has 0 saturated carbocycles. The van der Waals surface area contributed by atoms with Gasteiger partial charge in [-0.1, -0.05) is 109 Å². The number of ketones is 1. The molecule has 2 atom stereocenters. The molecule has 35 heteroatoms. The van der Waals surface area contributed by atoms with E-state index in [1.807, 2.05) is 13.0 Å². The van der Waals surface area contributed by atoms with Crippen LogP contribution in [0.1, 0.15) is 91.8 Å². The van der Waals surface area contributed by atoms with Crippen molar-refractivity contribution < 1.29 is 119 Å². The Morgan fingerprint density at radius 2 is 1.14 bits per heavy atom. The number of amides is 1. The van der Waals surface area contributed by atoms with Crippen LogP contribution in [0.2, 0.25) is 15.5 Å². The minimum absolute atomic E-state index is 0. The van der Waals surface area contributed by atoms with Crippen LogP contribution in [0.15, 0.2) is 48.9 Å². The van der Waals surface area contributed by atoms with Crippen molar-refractivity contribution in [2.24, 2.45) is 5.73 Å². The summed E-state index contributed by atoms with van der Waals surface area (Å²) in [6.07, 6.45) is 8.30. The van der Waals surface area contributed by atoms with Crippen LogP contribution >= 0.6 is 121 Å². The van der Waals surface area contributed by atoms with E-state index >= 15 is 0 Å². The van der Waals surface area contributed by atoms with E-state index in [1.54, 1.807) is 91.2 Å². The Bertz CT molecular complexity index is 2450. The van der Waals surface area contributed by atoms with Gasteiger partial charge in [0, 0.05) is 76.4 Å². The van der Waals surface area contributed by atoms with Gasteiger partial charge in [0.05, 0.1) is 60.8 Å². The zero-order valence-corrected chi connectivity index (χ0v) is 60.1. The molecule has 22 nitrogen and oxygen atoms in total. The fraction of sp³-hybridized carbons (Fsp3) is 0.391. The van der Waals surface area contributed by atoms with E-state index in [-0.39, 0.29) is 151 Å². The number of nitrogens with zero attached hydrogens (tertiary/aromatic N) is 6. The van der Waals surface area contributed by atoms with Gasteiger partial charge in [0.15, 0.2) is 11.1 Å². The molecule has 0 spiro atoms. The molecule has 0 aliphatic rings. The smallest absolute Gasteiger partial charge is 0.662 e. The number of aryl methyl sites for hydroxylation is 3. The van der Waals surface area contributed by atoms with Crippen LogP contribution in [-0.4, -0.2) is 156 Å². The summed E-state index contributed by atoms with van der Waals surface area (Å²) in [5.74, 6) is -4.71. The largest absolute Gasteiger partial charge is 1.00 e. The maximum Gasteiger partial charge on any atom is 1.00 e. The summed E-state index contributed by atoms with van der Waals surface area (Å²) in [4.78, 5) is 94.9. The van der Waals surface area contributed by atoms with Crippen LogP contribution in [0.5, 0.6) is 0 Å². The third kappa shape index (κ3) is 51.2. The Morgan fingerprint density at radius 3 is 1.41 bits per heavy atom. The minimum atomic E-state index is -2.06. The normalized spacial score (nSPS) is 10.1. The number of pyridine rings is 3. The van der Waals surface area contributed by atoms with Gasteiger partial charge >= 0.3 is 75.3 Å². The van der Waals surface area contributed by atoms with Crippen LogP contribution in [-0.2, 0) is 52.6 Å². The van der Waals surface area contributed by atoms with Crippen LogP contribution in [0, 0.1) is 54.8 Å². The monoisotopic (exact) mass is 1400 g/mol. The molecule has 439 valence electrons. The Labute approximate surface area is 605 Å². The van der Waals surface area contributed by atoms with Gasteiger partial charge in [-0.2, -0.15) is 15.8 Å². The van der Waals surface area contributed by atoms with Crippen molar-refractivity contribution in [1.29, 1.82) is 15.8 Å². The summed E-state index contributed by atoms with van der Waals surface area (Å²) in [6.45, 7) is 15.9. The molecule has 1 radical (unpaired) electrons. The van der Waals surface area contributed by atoms with E-state index in [9.17, 15) is 33.6 Å². The first-order valence-electron chi connectivity index (χ1n) is 21.3. The molecule has 0 bridgehead atoms. The number of nitrogen functional groups attached to an aromatic ring is 1. The molecule has 3 rings (SSSR count). The molecule has 0 aliphatic heterocycles. The zero-order chi connectivity index (χ0) is 62.9. The van der Waals surface area contributed by atoms with Gasteiger partial charge in [-0.25, -0.2) is 29.3 Å². The van der Waals surface area contributed by atoms with Crippen molar-refractivity contribution in [2.45, 2.75) is 89.7 Å². The molecule has 3 aromatic heterocycles. The molecule has 81 heavy (non-hydrogen) atoms. The number of aldehydes is 1. The molecule has 0 fully saturated rings. The van der Waals surface area contributed by atoms with Crippen LogP contribution in [0.4, 0.5) is 5.69 Å². The minimum Gasteiger partial charge on any atom is -0.662 e. The van der Waals surface area contributed by atoms with Crippen molar-refractivity contribution in [3.63, 3.8) is 0 Å². The number of Topliss-reactive ketones (excluding diaryl/α,β-unsaturated/α-hetero) is 1.